The molecule has 0 aliphatic rings. The first-order valence-corrected chi connectivity index (χ1v) is 7.02. The monoisotopic (exact) mass is 294 g/mol. The van der Waals surface area contributed by atoms with Gasteiger partial charge in [0.1, 0.15) is 10.6 Å². The SMILES string of the molecule is COC(=O)c1c(Cl)c(S(=O)(=O)NC(C)C)cn1C. The summed E-state index contributed by atoms with van der Waals surface area (Å²) in [6, 6.07) is -0.271. The van der Waals surface area contributed by atoms with Crippen LogP contribution in [-0.2, 0) is 21.8 Å². The fourth-order valence-corrected chi connectivity index (χ4v) is 3.40. The van der Waals surface area contributed by atoms with Gasteiger partial charge < -0.3 is 9.30 Å². The molecule has 0 radical (unpaired) electrons. The van der Waals surface area contributed by atoms with Gasteiger partial charge in [0.25, 0.3) is 0 Å². The molecular weight excluding hydrogens is 280 g/mol. The van der Waals surface area contributed by atoms with Crippen molar-refractivity contribution in [2.75, 3.05) is 7.11 Å². The van der Waals surface area contributed by atoms with Crippen molar-refractivity contribution in [3.63, 3.8) is 0 Å². The molecule has 8 heteroatoms. The van der Waals surface area contributed by atoms with Crippen molar-refractivity contribution < 1.29 is 17.9 Å². The van der Waals surface area contributed by atoms with Gasteiger partial charge in [-0.2, -0.15) is 0 Å². The zero-order valence-electron chi connectivity index (χ0n) is 10.5. The van der Waals surface area contributed by atoms with Gasteiger partial charge in [0.05, 0.1) is 12.1 Å². The van der Waals surface area contributed by atoms with Gasteiger partial charge in [-0.05, 0) is 13.8 Å². The van der Waals surface area contributed by atoms with Crippen LogP contribution in [0.1, 0.15) is 24.3 Å². The van der Waals surface area contributed by atoms with Crippen LogP contribution >= 0.6 is 11.6 Å². The van der Waals surface area contributed by atoms with E-state index >= 15 is 0 Å². The summed E-state index contributed by atoms with van der Waals surface area (Å²) in [6.45, 7) is 3.38. The summed E-state index contributed by atoms with van der Waals surface area (Å²) in [6.07, 6.45) is 1.28. The van der Waals surface area contributed by atoms with Crippen LogP contribution in [0.5, 0.6) is 0 Å². The van der Waals surface area contributed by atoms with Crippen molar-refractivity contribution in [3.8, 4) is 0 Å². The predicted octanol–water partition coefficient (Wildman–Crippen LogP) is 1.15. The molecule has 0 bridgehead atoms. The molecule has 1 N–H and O–H groups in total. The molecule has 102 valence electrons. The van der Waals surface area contributed by atoms with Crippen molar-refractivity contribution in [1.29, 1.82) is 0 Å². The fourth-order valence-electron chi connectivity index (χ4n) is 1.46. The highest BCUT2D eigenvalue weighted by Crippen LogP contribution is 2.27. The van der Waals surface area contributed by atoms with E-state index in [9.17, 15) is 13.2 Å². The third kappa shape index (κ3) is 2.85. The molecule has 1 heterocycles. The van der Waals surface area contributed by atoms with Crippen LogP contribution in [0.3, 0.4) is 0 Å². The van der Waals surface area contributed by atoms with Crippen molar-refractivity contribution in [2.45, 2.75) is 24.8 Å². The van der Waals surface area contributed by atoms with Gasteiger partial charge in [-0.1, -0.05) is 11.6 Å². The Morgan fingerprint density at radius 2 is 2.06 bits per heavy atom. The Balaban J connectivity index is 3.33. The number of aryl methyl sites for hydroxylation is 1. The van der Waals surface area contributed by atoms with Gasteiger partial charge in [0.2, 0.25) is 10.0 Å². The maximum atomic E-state index is 12.0. The van der Waals surface area contributed by atoms with E-state index in [1.165, 1.54) is 24.9 Å². The second-order valence-electron chi connectivity index (χ2n) is 4.03. The fraction of sp³-hybridized carbons (Fsp3) is 0.500. The highest BCUT2D eigenvalue weighted by atomic mass is 35.5. The molecule has 0 spiro atoms. The van der Waals surface area contributed by atoms with E-state index in [-0.39, 0.29) is 21.7 Å². The molecule has 18 heavy (non-hydrogen) atoms. The number of nitrogens with zero attached hydrogens (tertiary/aromatic N) is 1. The summed E-state index contributed by atoms with van der Waals surface area (Å²) < 4.78 is 32.2. The molecule has 0 saturated heterocycles. The van der Waals surface area contributed by atoms with Crippen LogP contribution in [0.15, 0.2) is 11.1 Å². The van der Waals surface area contributed by atoms with Crippen LogP contribution in [0.2, 0.25) is 5.02 Å². The first kappa shape index (κ1) is 15.0. The van der Waals surface area contributed by atoms with E-state index in [0.717, 1.165) is 0 Å². The highest BCUT2D eigenvalue weighted by molar-refractivity contribution is 7.89. The molecule has 1 aromatic rings. The average Bonchev–Trinajstić information content (AvgIpc) is 2.52. The van der Waals surface area contributed by atoms with E-state index in [1.807, 2.05) is 0 Å². The minimum Gasteiger partial charge on any atom is -0.464 e. The molecule has 0 fully saturated rings. The van der Waals surface area contributed by atoms with Crippen molar-refractivity contribution in [1.82, 2.24) is 9.29 Å². The summed E-state index contributed by atoms with van der Waals surface area (Å²) in [7, 11) is -1.02. The van der Waals surface area contributed by atoms with Gasteiger partial charge in [-0.3, -0.25) is 0 Å². The molecule has 1 rings (SSSR count). The number of hydrogen-bond acceptors (Lipinski definition) is 4. The number of esters is 1. The summed E-state index contributed by atoms with van der Waals surface area (Å²) in [5.74, 6) is -0.687. The van der Waals surface area contributed by atoms with E-state index in [2.05, 4.69) is 9.46 Å². The lowest BCUT2D eigenvalue weighted by Gasteiger charge is -2.08. The minimum absolute atomic E-state index is 0.00305. The molecule has 0 aromatic carbocycles. The second-order valence-corrected chi connectivity index (χ2v) is 6.09. The quantitative estimate of drug-likeness (QED) is 0.845. The molecule has 0 atom stereocenters. The molecule has 1 aromatic heterocycles. The maximum Gasteiger partial charge on any atom is 0.356 e. The molecule has 6 nitrogen and oxygen atoms in total. The van der Waals surface area contributed by atoms with Crippen LogP contribution in [-0.4, -0.2) is 32.1 Å². The number of rotatable bonds is 4. The van der Waals surface area contributed by atoms with Crippen LogP contribution < -0.4 is 4.72 Å². The normalized spacial score (nSPS) is 11.9. The number of methoxy groups -OCH3 is 1. The van der Waals surface area contributed by atoms with E-state index in [0.29, 0.717) is 0 Å². The predicted molar refractivity (Wildman–Crippen MR) is 67.2 cm³/mol. The van der Waals surface area contributed by atoms with Crippen LogP contribution in [0.25, 0.3) is 0 Å². The zero-order valence-corrected chi connectivity index (χ0v) is 12.1. The van der Waals surface area contributed by atoms with Gasteiger partial charge in [0.15, 0.2) is 0 Å². The van der Waals surface area contributed by atoms with Gasteiger partial charge in [0, 0.05) is 19.3 Å². The number of carbonyl (C=O) groups excluding carboxylic acids is 1. The number of sulfonamides is 1. The van der Waals surface area contributed by atoms with Crippen molar-refractivity contribution in [2.24, 2.45) is 7.05 Å². The Labute approximate surface area is 111 Å². The zero-order chi connectivity index (χ0) is 14.1. The minimum atomic E-state index is -3.74. The summed E-state index contributed by atoms with van der Waals surface area (Å²) >= 11 is 5.93. The molecule has 0 aliphatic carbocycles. The Morgan fingerprint density at radius 3 is 2.50 bits per heavy atom. The number of hydrogen-bond donors (Lipinski definition) is 1. The van der Waals surface area contributed by atoms with E-state index in [4.69, 9.17) is 11.6 Å². The highest BCUT2D eigenvalue weighted by Gasteiger charge is 2.27. The lowest BCUT2D eigenvalue weighted by Crippen LogP contribution is -2.30. The second kappa shape index (κ2) is 5.29. The lowest BCUT2D eigenvalue weighted by molar-refractivity contribution is 0.0590. The van der Waals surface area contributed by atoms with Gasteiger partial charge in [-0.25, -0.2) is 17.9 Å². The molecular formula is C10H15ClN2O4S. The number of ether oxygens (including phenoxy) is 1. The average molecular weight is 295 g/mol. The number of aromatic nitrogens is 1. The molecule has 0 unspecified atom stereocenters. The Kier molecular flexibility index (Phi) is 4.41. The van der Waals surface area contributed by atoms with Crippen LogP contribution in [0.4, 0.5) is 0 Å². The summed E-state index contributed by atoms with van der Waals surface area (Å²) in [4.78, 5) is 11.3. The topological polar surface area (TPSA) is 77.4 Å². The third-order valence-corrected chi connectivity index (χ3v) is 4.31. The first-order chi connectivity index (χ1) is 8.20. The van der Waals surface area contributed by atoms with E-state index < -0.39 is 16.0 Å². The summed E-state index contributed by atoms with van der Waals surface area (Å²) in [5.41, 5.74) is 0.00305. The lowest BCUT2D eigenvalue weighted by atomic mass is 10.4. The Morgan fingerprint density at radius 1 is 1.50 bits per heavy atom. The Hall–Kier alpha value is -1.05. The van der Waals surface area contributed by atoms with Crippen molar-refractivity contribution >= 4 is 27.6 Å². The largest absolute Gasteiger partial charge is 0.464 e. The third-order valence-electron chi connectivity index (χ3n) is 2.15. The van der Waals surface area contributed by atoms with Gasteiger partial charge in [-0.15, -0.1) is 0 Å². The molecule has 0 saturated carbocycles. The first-order valence-electron chi connectivity index (χ1n) is 5.16. The number of carbonyl (C=O) groups is 1. The van der Waals surface area contributed by atoms with Crippen molar-refractivity contribution in [3.05, 3.63) is 16.9 Å². The van der Waals surface area contributed by atoms with Gasteiger partial charge >= 0.3 is 5.97 Å². The molecule has 0 amide bonds. The number of halogens is 1. The van der Waals surface area contributed by atoms with Crippen LogP contribution in [0, 0.1) is 0 Å². The smallest absolute Gasteiger partial charge is 0.356 e. The maximum absolute atomic E-state index is 12.0. The molecule has 0 aliphatic heterocycles. The van der Waals surface area contributed by atoms with E-state index in [1.54, 1.807) is 13.8 Å². The Bertz CT molecular complexity index is 563. The number of nitrogens with one attached hydrogen (secondary N) is 1. The summed E-state index contributed by atoms with van der Waals surface area (Å²) in [5, 5.41) is -0.141. The standard InChI is InChI=1S/C10H15ClN2O4S/c1-6(2)12-18(15,16)7-5-13(3)9(8(7)11)10(14)17-4/h5-6,12H,1-4H3.